The minimum absolute atomic E-state index is 0.115. The molecule has 0 unspecified atom stereocenters. The standard InChI is InChI=1S/C20H26N2O3S/c1-5-16(3)21-20(23)18-11-9-17(10-12-18)14-22(26(4,24)25)19-8-6-7-15(2)13-19/h6-13,16H,5,14H2,1-4H3,(H,21,23)/t16-/m0/s1. The van der Waals surface area contributed by atoms with E-state index in [9.17, 15) is 13.2 Å². The molecule has 2 aromatic carbocycles. The number of hydrogen-bond donors (Lipinski definition) is 1. The van der Waals surface area contributed by atoms with Crippen LogP contribution in [0.5, 0.6) is 0 Å². The van der Waals surface area contributed by atoms with E-state index in [1.165, 1.54) is 10.6 Å². The van der Waals surface area contributed by atoms with E-state index in [-0.39, 0.29) is 18.5 Å². The molecule has 0 bridgehead atoms. The molecule has 0 radical (unpaired) electrons. The Morgan fingerprint density at radius 2 is 1.81 bits per heavy atom. The lowest BCUT2D eigenvalue weighted by Crippen LogP contribution is -2.32. The SMILES string of the molecule is CC[C@H](C)NC(=O)c1ccc(CN(c2cccc(C)c2)S(C)(=O)=O)cc1. The summed E-state index contributed by atoms with van der Waals surface area (Å²) in [5.74, 6) is -0.121. The summed E-state index contributed by atoms with van der Waals surface area (Å²) in [6.45, 7) is 6.11. The molecule has 0 aromatic heterocycles. The molecular weight excluding hydrogens is 348 g/mol. The second-order valence-electron chi connectivity index (χ2n) is 6.59. The first-order valence-electron chi connectivity index (χ1n) is 8.65. The Balaban J connectivity index is 2.21. The van der Waals surface area contributed by atoms with Crippen molar-refractivity contribution in [2.24, 2.45) is 0 Å². The highest BCUT2D eigenvalue weighted by Crippen LogP contribution is 2.22. The normalized spacial score (nSPS) is 12.5. The molecule has 0 saturated carbocycles. The number of anilines is 1. The third-order valence-corrected chi connectivity index (χ3v) is 5.36. The van der Waals surface area contributed by atoms with Crippen LogP contribution in [-0.4, -0.2) is 26.6 Å². The van der Waals surface area contributed by atoms with Crippen molar-refractivity contribution in [3.05, 3.63) is 65.2 Å². The van der Waals surface area contributed by atoms with Crippen molar-refractivity contribution in [2.45, 2.75) is 39.8 Å². The van der Waals surface area contributed by atoms with E-state index in [1.807, 2.05) is 39.0 Å². The molecule has 1 N–H and O–H groups in total. The lowest BCUT2D eigenvalue weighted by Gasteiger charge is -2.23. The van der Waals surface area contributed by atoms with Crippen LogP contribution in [0.3, 0.4) is 0 Å². The molecular formula is C20H26N2O3S. The van der Waals surface area contributed by atoms with Crippen LogP contribution in [0.15, 0.2) is 48.5 Å². The summed E-state index contributed by atoms with van der Waals surface area (Å²) in [5.41, 5.74) is 3.01. The molecule has 26 heavy (non-hydrogen) atoms. The van der Waals surface area contributed by atoms with Gasteiger partial charge in [-0.15, -0.1) is 0 Å². The third kappa shape index (κ3) is 5.33. The molecule has 5 nitrogen and oxygen atoms in total. The third-order valence-electron chi connectivity index (χ3n) is 4.22. The lowest BCUT2D eigenvalue weighted by molar-refractivity contribution is 0.0939. The van der Waals surface area contributed by atoms with Crippen molar-refractivity contribution in [1.29, 1.82) is 0 Å². The van der Waals surface area contributed by atoms with Crippen LogP contribution in [0.1, 0.15) is 41.8 Å². The fourth-order valence-electron chi connectivity index (χ4n) is 2.52. The Kier molecular flexibility index (Phi) is 6.42. The molecule has 1 atom stereocenters. The van der Waals surface area contributed by atoms with Crippen molar-refractivity contribution in [1.82, 2.24) is 5.32 Å². The zero-order chi connectivity index (χ0) is 19.3. The van der Waals surface area contributed by atoms with Gasteiger partial charge in [0.2, 0.25) is 10.0 Å². The quantitative estimate of drug-likeness (QED) is 0.807. The fraction of sp³-hybridized carbons (Fsp3) is 0.350. The largest absolute Gasteiger partial charge is 0.350 e. The highest BCUT2D eigenvalue weighted by molar-refractivity contribution is 7.92. The van der Waals surface area contributed by atoms with Gasteiger partial charge in [0.15, 0.2) is 0 Å². The molecule has 0 heterocycles. The van der Waals surface area contributed by atoms with Crippen LogP contribution in [0.2, 0.25) is 0 Å². The Morgan fingerprint density at radius 3 is 2.35 bits per heavy atom. The molecule has 0 saturated heterocycles. The molecule has 0 spiro atoms. The summed E-state index contributed by atoms with van der Waals surface area (Å²) in [4.78, 5) is 12.1. The maximum atomic E-state index is 12.2. The van der Waals surface area contributed by atoms with Crippen LogP contribution in [0, 0.1) is 6.92 Å². The van der Waals surface area contributed by atoms with E-state index >= 15 is 0 Å². The number of carbonyl (C=O) groups excluding carboxylic acids is 1. The first-order valence-corrected chi connectivity index (χ1v) is 10.5. The predicted molar refractivity (Wildman–Crippen MR) is 106 cm³/mol. The number of sulfonamides is 1. The first kappa shape index (κ1) is 20.0. The smallest absolute Gasteiger partial charge is 0.251 e. The molecule has 0 aliphatic heterocycles. The van der Waals surface area contributed by atoms with Gasteiger partial charge in [-0.3, -0.25) is 9.10 Å². The summed E-state index contributed by atoms with van der Waals surface area (Å²) in [7, 11) is -3.42. The van der Waals surface area contributed by atoms with Crippen LogP contribution >= 0.6 is 0 Å². The summed E-state index contributed by atoms with van der Waals surface area (Å²) >= 11 is 0. The second-order valence-corrected chi connectivity index (χ2v) is 8.50. The zero-order valence-corrected chi connectivity index (χ0v) is 16.5. The maximum absolute atomic E-state index is 12.2. The Bertz CT molecular complexity index is 861. The Morgan fingerprint density at radius 1 is 1.15 bits per heavy atom. The number of amides is 1. The molecule has 1 amide bonds. The lowest BCUT2D eigenvalue weighted by atomic mass is 10.1. The van der Waals surface area contributed by atoms with Gasteiger partial charge in [-0.25, -0.2) is 8.42 Å². The highest BCUT2D eigenvalue weighted by Gasteiger charge is 2.18. The Labute approximate surface area is 156 Å². The monoisotopic (exact) mass is 374 g/mol. The number of nitrogens with one attached hydrogen (secondary N) is 1. The van der Waals surface area contributed by atoms with Crippen molar-refractivity contribution in [3.63, 3.8) is 0 Å². The second kappa shape index (κ2) is 8.36. The number of nitrogens with zero attached hydrogens (tertiary/aromatic N) is 1. The summed E-state index contributed by atoms with van der Waals surface area (Å²) in [6.07, 6.45) is 2.06. The molecule has 0 aliphatic carbocycles. The van der Waals surface area contributed by atoms with Crippen molar-refractivity contribution in [3.8, 4) is 0 Å². The summed E-state index contributed by atoms with van der Waals surface area (Å²) < 4.78 is 25.8. The van der Waals surface area contributed by atoms with Gasteiger partial charge in [0.1, 0.15) is 0 Å². The number of benzene rings is 2. The van der Waals surface area contributed by atoms with E-state index < -0.39 is 10.0 Å². The van der Waals surface area contributed by atoms with Crippen molar-refractivity contribution < 1.29 is 13.2 Å². The molecule has 140 valence electrons. The predicted octanol–water partition coefficient (Wildman–Crippen LogP) is 3.49. The highest BCUT2D eigenvalue weighted by atomic mass is 32.2. The van der Waals surface area contributed by atoms with Gasteiger partial charge in [0.05, 0.1) is 18.5 Å². The van der Waals surface area contributed by atoms with E-state index in [0.29, 0.717) is 11.3 Å². The van der Waals surface area contributed by atoms with Crippen molar-refractivity contribution >= 4 is 21.6 Å². The van der Waals surface area contributed by atoms with Gasteiger partial charge >= 0.3 is 0 Å². The molecule has 6 heteroatoms. The van der Waals surface area contributed by atoms with Gasteiger partial charge in [0.25, 0.3) is 5.91 Å². The average molecular weight is 375 g/mol. The number of carbonyl (C=O) groups is 1. The van der Waals surface area contributed by atoms with Crippen LogP contribution in [-0.2, 0) is 16.6 Å². The minimum atomic E-state index is -3.42. The van der Waals surface area contributed by atoms with Gasteiger partial charge in [-0.05, 0) is 55.7 Å². The topological polar surface area (TPSA) is 66.5 Å². The first-order chi connectivity index (χ1) is 12.2. The average Bonchev–Trinajstić information content (AvgIpc) is 2.59. The van der Waals surface area contributed by atoms with Crippen LogP contribution in [0.25, 0.3) is 0 Å². The summed E-state index contributed by atoms with van der Waals surface area (Å²) in [6, 6.07) is 14.5. The van der Waals surface area contributed by atoms with E-state index in [4.69, 9.17) is 0 Å². The number of rotatable bonds is 7. The zero-order valence-electron chi connectivity index (χ0n) is 15.7. The van der Waals surface area contributed by atoms with Gasteiger partial charge < -0.3 is 5.32 Å². The Hall–Kier alpha value is -2.34. The van der Waals surface area contributed by atoms with Crippen LogP contribution in [0.4, 0.5) is 5.69 Å². The molecule has 0 aliphatic rings. The number of hydrogen-bond acceptors (Lipinski definition) is 3. The van der Waals surface area contributed by atoms with Gasteiger partial charge in [-0.2, -0.15) is 0 Å². The van der Waals surface area contributed by atoms with E-state index in [0.717, 1.165) is 17.5 Å². The molecule has 2 aromatic rings. The minimum Gasteiger partial charge on any atom is -0.350 e. The number of aryl methyl sites for hydroxylation is 1. The van der Waals surface area contributed by atoms with E-state index in [2.05, 4.69) is 5.32 Å². The molecule has 0 fully saturated rings. The van der Waals surface area contributed by atoms with Crippen molar-refractivity contribution in [2.75, 3.05) is 10.6 Å². The van der Waals surface area contributed by atoms with E-state index in [1.54, 1.807) is 30.3 Å². The van der Waals surface area contributed by atoms with Gasteiger partial charge in [-0.1, -0.05) is 31.2 Å². The maximum Gasteiger partial charge on any atom is 0.251 e. The van der Waals surface area contributed by atoms with Gasteiger partial charge in [0, 0.05) is 11.6 Å². The van der Waals surface area contributed by atoms with Crippen LogP contribution < -0.4 is 9.62 Å². The fourth-order valence-corrected chi connectivity index (χ4v) is 3.40. The molecule has 2 rings (SSSR count). The summed E-state index contributed by atoms with van der Waals surface area (Å²) in [5, 5.41) is 2.92.